The Balaban J connectivity index is 1.58. The fourth-order valence-corrected chi connectivity index (χ4v) is 7.99. The topological polar surface area (TPSA) is 84.9 Å². The molecule has 1 fully saturated rings. The molecule has 1 aliphatic carbocycles. The third-order valence-corrected chi connectivity index (χ3v) is 11.8. The first kappa shape index (κ1) is 31.4. The van der Waals surface area contributed by atoms with E-state index in [2.05, 4.69) is 15.5 Å². The van der Waals surface area contributed by atoms with Gasteiger partial charge in [-0.15, -0.1) is 6.42 Å². The molecule has 1 saturated carbocycles. The molecule has 1 amide bonds. The minimum Gasteiger partial charge on any atom is -0.487 e. The lowest BCUT2D eigenvalue weighted by atomic mass is 9.64. The van der Waals surface area contributed by atoms with Gasteiger partial charge in [0.25, 0.3) is 5.91 Å². The third-order valence-electron chi connectivity index (χ3n) is 9.62. The van der Waals surface area contributed by atoms with Gasteiger partial charge in [0.15, 0.2) is 0 Å². The van der Waals surface area contributed by atoms with Crippen LogP contribution in [-0.2, 0) is 27.8 Å². The summed E-state index contributed by atoms with van der Waals surface area (Å²) in [6.45, 7) is 5.28. The van der Waals surface area contributed by atoms with Gasteiger partial charge in [0.1, 0.15) is 18.0 Å². The maximum absolute atomic E-state index is 13.4. The highest BCUT2D eigenvalue weighted by molar-refractivity contribution is 7.90. The van der Waals surface area contributed by atoms with Crippen molar-refractivity contribution in [3.05, 3.63) is 70.3 Å². The quantitative estimate of drug-likeness (QED) is 0.303. The number of ether oxygens (including phenoxy) is 2. The van der Waals surface area contributed by atoms with E-state index in [1.54, 1.807) is 32.2 Å². The maximum Gasteiger partial charge on any atom is 0.264 e. The minimum absolute atomic E-state index is 0.101. The van der Waals surface area contributed by atoms with Crippen LogP contribution in [0.1, 0.15) is 67.4 Å². The Labute approximate surface area is 261 Å². The molecule has 0 aromatic heterocycles. The summed E-state index contributed by atoms with van der Waals surface area (Å²) in [4.78, 5) is 15.6. The number of methoxy groups -OCH3 is 1. The predicted molar refractivity (Wildman–Crippen MR) is 171 cm³/mol. The highest BCUT2D eigenvalue weighted by Gasteiger charge is 2.46. The number of amides is 1. The molecule has 5 rings (SSSR count). The number of carbonyl (C=O) groups is 1. The number of carbonyl (C=O) groups excluding carboxylic acids is 1. The highest BCUT2D eigenvalue weighted by Crippen LogP contribution is 2.46. The summed E-state index contributed by atoms with van der Waals surface area (Å²) in [5.74, 6) is 3.03. The second kappa shape index (κ2) is 12.9. The summed E-state index contributed by atoms with van der Waals surface area (Å²) in [5.41, 5.74) is 2.39. The van der Waals surface area contributed by atoms with E-state index in [0.29, 0.717) is 30.3 Å². The van der Waals surface area contributed by atoms with Crippen LogP contribution in [0.2, 0.25) is 5.02 Å². The van der Waals surface area contributed by atoms with Crippen molar-refractivity contribution in [3.8, 4) is 18.1 Å². The van der Waals surface area contributed by atoms with Gasteiger partial charge in [0.05, 0.1) is 10.9 Å². The van der Waals surface area contributed by atoms with Crippen LogP contribution in [0.4, 0.5) is 5.69 Å². The molecule has 2 bridgehead atoms. The number of nitrogens with one attached hydrogen (secondary N) is 1. The van der Waals surface area contributed by atoms with E-state index in [1.165, 1.54) is 5.56 Å². The summed E-state index contributed by atoms with van der Waals surface area (Å²) in [5, 5.41) is -0.101. The summed E-state index contributed by atoms with van der Waals surface area (Å²) in [6.07, 6.45) is 15.2. The third kappa shape index (κ3) is 6.60. The van der Waals surface area contributed by atoms with Crippen LogP contribution in [0.25, 0.3) is 0 Å². The van der Waals surface area contributed by atoms with Crippen molar-refractivity contribution in [3.63, 3.8) is 0 Å². The molecule has 1 N–H and O–H groups in total. The number of allylic oxidation sites excluding steroid dienone is 1. The standard InChI is InChI=1S/C34H41ClN2O5S/c1-5-34(41-4)17-8-9-23(2)24(3)43(39,40)36-33(38)26-13-16-32-31(20-26)37(21-27-12-15-30(27)34)18-7-6-10-25-19-29(35)14-11-28(25)22-42-32/h1,8,11,13-14,16-17,19-20,23-24,27,30H,6-7,9-10,12,15,18,21-22H2,2-4H3,(H,36,38)/b17-8+/t23-,24+,27-,30+,34+/m0/s1. The Bertz CT molecular complexity index is 1530. The first-order valence-corrected chi connectivity index (χ1v) is 17.0. The Kier molecular flexibility index (Phi) is 9.46. The largest absolute Gasteiger partial charge is 0.487 e. The van der Waals surface area contributed by atoms with Crippen molar-refractivity contribution >= 4 is 33.2 Å². The van der Waals surface area contributed by atoms with Gasteiger partial charge in [-0.05, 0) is 105 Å². The van der Waals surface area contributed by atoms with E-state index < -0.39 is 26.8 Å². The molecule has 7 nitrogen and oxygen atoms in total. The molecule has 3 aliphatic rings. The molecule has 0 saturated heterocycles. The monoisotopic (exact) mass is 624 g/mol. The molecule has 2 heterocycles. The van der Waals surface area contributed by atoms with Crippen LogP contribution >= 0.6 is 11.6 Å². The van der Waals surface area contributed by atoms with E-state index in [9.17, 15) is 13.2 Å². The highest BCUT2D eigenvalue weighted by atomic mass is 35.5. The van der Waals surface area contributed by atoms with Crippen LogP contribution < -0.4 is 14.4 Å². The van der Waals surface area contributed by atoms with Gasteiger partial charge in [0.2, 0.25) is 10.0 Å². The molecule has 0 unspecified atom stereocenters. The Morgan fingerprint density at radius 1 is 1.14 bits per heavy atom. The van der Waals surface area contributed by atoms with Gasteiger partial charge >= 0.3 is 0 Å². The van der Waals surface area contributed by atoms with Crippen molar-refractivity contribution in [2.24, 2.45) is 17.8 Å². The lowest BCUT2D eigenvalue weighted by Gasteiger charge is -2.47. The molecule has 2 aliphatic heterocycles. The lowest BCUT2D eigenvalue weighted by Crippen LogP contribution is -2.50. The first-order valence-electron chi connectivity index (χ1n) is 15.1. The van der Waals surface area contributed by atoms with E-state index in [4.69, 9.17) is 27.5 Å². The van der Waals surface area contributed by atoms with E-state index >= 15 is 0 Å². The van der Waals surface area contributed by atoms with Crippen LogP contribution in [0, 0.1) is 30.1 Å². The molecule has 2 aromatic carbocycles. The van der Waals surface area contributed by atoms with Gasteiger partial charge in [-0.3, -0.25) is 4.79 Å². The Morgan fingerprint density at radius 2 is 1.95 bits per heavy atom. The van der Waals surface area contributed by atoms with E-state index in [0.717, 1.165) is 49.9 Å². The Hall–Kier alpha value is -2.99. The number of halogens is 1. The molecular formula is C34H41ClN2O5S. The van der Waals surface area contributed by atoms with E-state index in [1.807, 2.05) is 37.3 Å². The lowest BCUT2D eigenvalue weighted by molar-refractivity contribution is -0.0348. The SMILES string of the molecule is C#C[C@@]1(OC)/C=C/C[C@H](C)[C@@H](C)S(=O)(=O)NC(=O)c2ccc3c(c2)N(CCCCc2cc(Cl)ccc2CO3)C[C@@H]2CC[C@H]21. The normalized spacial score (nSPS) is 30.1. The zero-order valence-corrected chi connectivity index (χ0v) is 26.7. The molecule has 0 radical (unpaired) electrons. The number of rotatable bonds is 1. The zero-order valence-electron chi connectivity index (χ0n) is 25.1. The van der Waals surface area contributed by atoms with Crippen LogP contribution in [-0.4, -0.2) is 45.4 Å². The smallest absolute Gasteiger partial charge is 0.264 e. The van der Waals surface area contributed by atoms with Gasteiger partial charge in [-0.1, -0.05) is 36.6 Å². The van der Waals surface area contributed by atoms with Gasteiger partial charge < -0.3 is 14.4 Å². The molecule has 0 spiro atoms. The second-order valence-corrected chi connectivity index (χ2v) is 14.6. The number of benzene rings is 2. The van der Waals surface area contributed by atoms with Crippen molar-refractivity contribution in [1.29, 1.82) is 0 Å². The fourth-order valence-electron chi connectivity index (χ4n) is 6.51. The van der Waals surface area contributed by atoms with Crippen molar-refractivity contribution in [2.75, 3.05) is 25.1 Å². The number of fused-ring (bicyclic) bond motifs is 3. The number of hydrogen-bond acceptors (Lipinski definition) is 6. The van der Waals surface area contributed by atoms with Crippen LogP contribution in [0.15, 0.2) is 48.6 Å². The summed E-state index contributed by atoms with van der Waals surface area (Å²) >= 11 is 6.32. The number of hydrogen-bond donors (Lipinski definition) is 1. The van der Waals surface area contributed by atoms with Crippen LogP contribution in [0.3, 0.4) is 0 Å². The fraction of sp³-hybridized carbons (Fsp3) is 0.500. The number of nitrogens with zero attached hydrogens (tertiary/aromatic N) is 1. The number of anilines is 1. The van der Waals surface area contributed by atoms with Crippen molar-refractivity contribution in [2.45, 2.75) is 69.8 Å². The molecule has 5 atom stereocenters. The molecular weight excluding hydrogens is 584 g/mol. The molecule has 230 valence electrons. The Morgan fingerprint density at radius 3 is 2.67 bits per heavy atom. The van der Waals surface area contributed by atoms with Gasteiger partial charge in [0, 0.05) is 36.7 Å². The van der Waals surface area contributed by atoms with Gasteiger partial charge in [-0.2, -0.15) is 0 Å². The molecule has 2 aromatic rings. The number of sulfonamides is 1. The van der Waals surface area contributed by atoms with E-state index in [-0.39, 0.29) is 23.3 Å². The summed E-state index contributed by atoms with van der Waals surface area (Å²) in [7, 11) is -2.30. The maximum atomic E-state index is 13.4. The first-order chi connectivity index (χ1) is 20.6. The van der Waals surface area contributed by atoms with Crippen LogP contribution in [0.5, 0.6) is 5.75 Å². The minimum atomic E-state index is -3.94. The second-order valence-electron chi connectivity index (χ2n) is 12.2. The number of terminal acetylenes is 1. The number of aryl methyl sites for hydroxylation is 1. The summed E-state index contributed by atoms with van der Waals surface area (Å²) < 4.78 is 41.3. The molecule has 43 heavy (non-hydrogen) atoms. The summed E-state index contributed by atoms with van der Waals surface area (Å²) in [6, 6.07) is 11.1. The zero-order chi connectivity index (χ0) is 30.8. The van der Waals surface area contributed by atoms with Crippen molar-refractivity contribution in [1.82, 2.24) is 4.72 Å². The van der Waals surface area contributed by atoms with Crippen molar-refractivity contribution < 1.29 is 22.7 Å². The van der Waals surface area contributed by atoms with Gasteiger partial charge in [-0.25, -0.2) is 13.1 Å². The molecule has 9 heteroatoms. The average Bonchev–Trinajstić information content (AvgIpc) is 3.00. The average molecular weight is 625 g/mol. The predicted octanol–water partition coefficient (Wildman–Crippen LogP) is 6.15.